The summed E-state index contributed by atoms with van der Waals surface area (Å²) in [5, 5.41) is 2.87. The normalized spacial score (nSPS) is 9.27. The van der Waals surface area contributed by atoms with Crippen LogP contribution in [0.25, 0.3) is 0 Å². The number of aryl methyl sites for hydroxylation is 2. The van der Waals surface area contributed by atoms with Crippen molar-refractivity contribution in [3.8, 4) is 0 Å². The number of nitrogens with one attached hydrogen (secondary N) is 1. The Morgan fingerprint density at radius 3 is 2.64 bits per heavy atom. The molecule has 1 rings (SSSR count). The van der Waals surface area contributed by atoms with E-state index in [-0.39, 0.29) is 0 Å². The van der Waals surface area contributed by atoms with Gasteiger partial charge in [-0.15, -0.1) is 0 Å². The zero-order chi connectivity index (χ0) is 8.27. The number of thiocarbonyl (C=S) groups is 1. The number of rotatable bonds is 2. The maximum Gasteiger partial charge on any atom is 0.138 e. The molecule has 0 aliphatic heterocycles. The van der Waals surface area contributed by atoms with E-state index in [1.807, 2.05) is 19.1 Å². The molecule has 0 bridgehead atoms. The summed E-state index contributed by atoms with van der Waals surface area (Å²) in [5.41, 5.74) is 5.97. The fourth-order valence-electron chi connectivity index (χ4n) is 1.01. The molecule has 0 aromatic heterocycles. The lowest BCUT2D eigenvalue weighted by Crippen LogP contribution is -1.94. The topological polar surface area (TPSA) is 12.0 Å². The molecule has 57 valence electrons. The number of hydrogen-bond donors (Lipinski definition) is 1. The Hall–Kier alpha value is -0.890. The van der Waals surface area contributed by atoms with Gasteiger partial charge in [-0.1, -0.05) is 29.9 Å². The van der Waals surface area contributed by atoms with E-state index in [0.717, 1.165) is 5.69 Å². The zero-order valence-corrected chi connectivity index (χ0v) is 7.46. The molecule has 0 unspecified atom stereocenters. The van der Waals surface area contributed by atoms with Crippen molar-refractivity contribution in [1.29, 1.82) is 0 Å². The summed E-state index contributed by atoms with van der Waals surface area (Å²) in [6.07, 6.45) is 0. The van der Waals surface area contributed by atoms with Crippen molar-refractivity contribution in [2.24, 2.45) is 0 Å². The van der Waals surface area contributed by atoms with Gasteiger partial charge in [-0.05, 0) is 25.5 Å². The van der Waals surface area contributed by atoms with Crippen LogP contribution in [0.5, 0.6) is 0 Å². The van der Waals surface area contributed by atoms with Crippen LogP contribution in [-0.4, -0.2) is 5.49 Å². The van der Waals surface area contributed by atoms with Crippen LogP contribution in [0, 0.1) is 13.8 Å². The van der Waals surface area contributed by atoms with Crippen LogP contribution in [0.1, 0.15) is 11.1 Å². The largest absolute Gasteiger partial charge is 0.344 e. The Labute approximate surface area is 72.4 Å². The first-order valence-corrected chi connectivity index (χ1v) is 3.85. The molecular formula is C9H10NS. The van der Waals surface area contributed by atoms with Gasteiger partial charge < -0.3 is 5.32 Å². The second kappa shape index (κ2) is 3.49. The Morgan fingerprint density at radius 2 is 2.09 bits per heavy atom. The molecule has 2 heteroatoms. The van der Waals surface area contributed by atoms with Crippen LogP contribution >= 0.6 is 12.2 Å². The third kappa shape index (κ3) is 2.02. The van der Waals surface area contributed by atoms with E-state index in [0.29, 0.717) is 0 Å². The predicted octanol–water partition coefficient (Wildman–Crippen LogP) is 2.55. The second-order valence-electron chi connectivity index (χ2n) is 2.55. The summed E-state index contributed by atoms with van der Waals surface area (Å²) < 4.78 is 0. The van der Waals surface area contributed by atoms with Gasteiger partial charge in [0, 0.05) is 5.69 Å². The van der Waals surface area contributed by atoms with Gasteiger partial charge in [0.05, 0.1) is 0 Å². The van der Waals surface area contributed by atoms with Gasteiger partial charge in [0.25, 0.3) is 0 Å². The van der Waals surface area contributed by atoms with E-state index in [1.165, 1.54) is 11.1 Å². The van der Waals surface area contributed by atoms with E-state index in [9.17, 15) is 0 Å². The smallest absolute Gasteiger partial charge is 0.138 e. The van der Waals surface area contributed by atoms with Crippen molar-refractivity contribution in [1.82, 2.24) is 0 Å². The highest BCUT2D eigenvalue weighted by Crippen LogP contribution is 2.14. The lowest BCUT2D eigenvalue weighted by Gasteiger charge is -2.03. The van der Waals surface area contributed by atoms with Gasteiger partial charge in [-0.25, -0.2) is 0 Å². The summed E-state index contributed by atoms with van der Waals surface area (Å²) in [4.78, 5) is 0. The minimum atomic E-state index is 1.03. The van der Waals surface area contributed by atoms with Crippen LogP contribution in [0.3, 0.4) is 0 Å². The van der Waals surface area contributed by atoms with E-state index in [1.54, 1.807) is 0 Å². The third-order valence-corrected chi connectivity index (χ3v) is 1.67. The van der Waals surface area contributed by atoms with Gasteiger partial charge in [-0.3, -0.25) is 0 Å². The molecule has 0 saturated carbocycles. The van der Waals surface area contributed by atoms with Crippen LogP contribution in [0.2, 0.25) is 0 Å². The second-order valence-corrected chi connectivity index (χ2v) is 2.75. The molecule has 0 amide bonds. The van der Waals surface area contributed by atoms with E-state index >= 15 is 0 Å². The zero-order valence-electron chi connectivity index (χ0n) is 6.64. The van der Waals surface area contributed by atoms with Crippen LogP contribution in [-0.2, 0) is 0 Å². The molecule has 0 aliphatic carbocycles. The van der Waals surface area contributed by atoms with Crippen molar-refractivity contribution >= 4 is 23.4 Å². The summed E-state index contributed by atoms with van der Waals surface area (Å²) in [5.74, 6) is 0. The number of anilines is 1. The van der Waals surface area contributed by atoms with Crippen LogP contribution in [0.15, 0.2) is 18.2 Å². The molecule has 1 aromatic carbocycles. The van der Waals surface area contributed by atoms with Gasteiger partial charge >= 0.3 is 0 Å². The Balaban J connectivity index is 2.98. The number of hydrogen-bond acceptors (Lipinski definition) is 1. The van der Waals surface area contributed by atoms with E-state index in [4.69, 9.17) is 0 Å². The van der Waals surface area contributed by atoms with Gasteiger partial charge in [-0.2, -0.15) is 0 Å². The van der Waals surface area contributed by atoms with Crippen molar-refractivity contribution in [2.45, 2.75) is 13.8 Å². The van der Waals surface area contributed by atoms with E-state index < -0.39 is 0 Å². The first-order chi connectivity index (χ1) is 5.24. The minimum Gasteiger partial charge on any atom is -0.344 e. The van der Waals surface area contributed by atoms with Crippen molar-refractivity contribution in [3.63, 3.8) is 0 Å². The average Bonchev–Trinajstić information content (AvgIpc) is 1.95. The molecular weight excluding hydrogens is 154 g/mol. The minimum absolute atomic E-state index is 1.03. The quantitative estimate of drug-likeness (QED) is 0.532. The molecule has 0 heterocycles. The summed E-state index contributed by atoms with van der Waals surface area (Å²) in [7, 11) is 0. The van der Waals surface area contributed by atoms with Gasteiger partial charge in [0.2, 0.25) is 0 Å². The molecule has 0 fully saturated rings. The average molecular weight is 164 g/mol. The summed E-state index contributed by atoms with van der Waals surface area (Å²) in [6.45, 7) is 4.11. The van der Waals surface area contributed by atoms with Crippen molar-refractivity contribution in [3.05, 3.63) is 29.3 Å². The molecule has 0 spiro atoms. The van der Waals surface area contributed by atoms with Crippen LogP contribution < -0.4 is 5.32 Å². The molecule has 0 saturated heterocycles. The maximum absolute atomic E-state index is 4.57. The summed E-state index contributed by atoms with van der Waals surface area (Å²) in [6, 6.07) is 6.15. The predicted molar refractivity (Wildman–Crippen MR) is 52.1 cm³/mol. The fourth-order valence-corrected chi connectivity index (χ4v) is 1.12. The SMILES string of the molecule is Cc1ccc(N[C]=S)c(C)c1. The van der Waals surface area contributed by atoms with Crippen molar-refractivity contribution in [2.75, 3.05) is 5.32 Å². The van der Waals surface area contributed by atoms with E-state index in [2.05, 4.69) is 36.0 Å². The fraction of sp³-hybridized carbons (Fsp3) is 0.222. The first-order valence-electron chi connectivity index (χ1n) is 3.44. The highest BCUT2D eigenvalue weighted by molar-refractivity contribution is 7.79. The Bertz CT molecular complexity index is 268. The van der Waals surface area contributed by atoms with Gasteiger partial charge in [0.15, 0.2) is 0 Å². The lowest BCUT2D eigenvalue weighted by molar-refractivity contribution is 1.38. The molecule has 1 N–H and O–H groups in total. The Morgan fingerprint density at radius 1 is 1.36 bits per heavy atom. The molecule has 1 nitrogen and oxygen atoms in total. The van der Waals surface area contributed by atoms with Crippen molar-refractivity contribution < 1.29 is 0 Å². The highest BCUT2D eigenvalue weighted by atomic mass is 32.1. The highest BCUT2D eigenvalue weighted by Gasteiger charge is 1.94. The number of benzene rings is 1. The summed E-state index contributed by atoms with van der Waals surface area (Å²) >= 11 is 4.57. The molecule has 0 atom stereocenters. The lowest BCUT2D eigenvalue weighted by atomic mass is 10.1. The monoisotopic (exact) mass is 164 g/mol. The molecule has 0 aliphatic rings. The standard InChI is InChI=1S/C9H10NS/c1-7-3-4-9(10-6-11)8(2)5-7/h3-5H,1-2H3,(H,10,11). The molecule has 1 radical (unpaired) electrons. The maximum atomic E-state index is 4.57. The first kappa shape index (κ1) is 8.21. The third-order valence-electron chi connectivity index (χ3n) is 1.57. The Kier molecular flexibility index (Phi) is 2.60. The van der Waals surface area contributed by atoms with Crippen LogP contribution in [0.4, 0.5) is 5.69 Å². The molecule has 1 aromatic rings. The van der Waals surface area contributed by atoms with Gasteiger partial charge in [0.1, 0.15) is 5.49 Å². The molecule has 11 heavy (non-hydrogen) atoms.